The van der Waals surface area contributed by atoms with E-state index >= 15 is 0 Å². The molecule has 0 bridgehead atoms. The van der Waals surface area contributed by atoms with Gasteiger partial charge in [-0.2, -0.15) is 0 Å². The lowest BCUT2D eigenvalue weighted by molar-refractivity contribution is -0.129. The molecule has 1 aliphatic heterocycles. The number of cyclic esters (lactones) is 1. The number of nitrogens with zero attached hydrogens (tertiary/aromatic N) is 1. The largest absolute Gasteiger partial charge is 0.490 e. The van der Waals surface area contributed by atoms with Crippen molar-refractivity contribution in [3.05, 3.63) is 96.2 Å². The first-order valence-electron chi connectivity index (χ1n) is 10.8. The molecule has 1 aliphatic rings. The second-order valence-corrected chi connectivity index (χ2v) is 9.79. The number of aliphatic imine (C=N–C) groups is 1. The number of esters is 1. The Hall–Kier alpha value is -2.65. The minimum Gasteiger partial charge on any atom is -0.490 e. The van der Waals surface area contributed by atoms with Crippen LogP contribution in [0.25, 0.3) is 6.08 Å². The summed E-state index contributed by atoms with van der Waals surface area (Å²) >= 11 is 5.87. The molecule has 0 aliphatic carbocycles. The summed E-state index contributed by atoms with van der Waals surface area (Å²) in [6.45, 7) is 6.87. The first-order chi connectivity index (χ1) is 16.4. The normalized spacial score (nSPS) is 14.2. The molecule has 0 N–H and O–H groups in total. The summed E-state index contributed by atoms with van der Waals surface area (Å²) in [6, 6.07) is 17.6. The van der Waals surface area contributed by atoms with Gasteiger partial charge in [0.25, 0.3) is 0 Å². The summed E-state index contributed by atoms with van der Waals surface area (Å²) < 4.78 is 19.3. The molecule has 4 rings (SSSR count). The molecule has 1 heterocycles. The number of carbonyl (C=O) groups excluding carboxylic acids is 1. The zero-order valence-corrected chi connectivity index (χ0v) is 22.8. The van der Waals surface area contributed by atoms with Crippen LogP contribution in [0.5, 0.6) is 11.5 Å². The van der Waals surface area contributed by atoms with Crippen LogP contribution in [-0.2, 0) is 16.1 Å². The van der Waals surface area contributed by atoms with Crippen LogP contribution < -0.4 is 9.47 Å². The molecule has 0 fully saturated rings. The fourth-order valence-electron chi connectivity index (χ4n) is 3.46. The van der Waals surface area contributed by atoms with Crippen LogP contribution >= 0.6 is 38.5 Å². The highest BCUT2D eigenvalue weighted by atomic mass is 127. The monoisotopic (exact) mass is 631 g/mol. The number of hydrogen-bond acceptors (Lipinski definition) is 5. The second-order valence-electron chi connectivity index (χ2n) is 7.78. The van der Waals surface area contributed by atoms with Gasteiger partial charge < -0.3 is 14.2 Å². The van der Waals surface area contributed by atoms with Gasteiger partial charge in [0.05, 0.1) is 11.1 Å². The van der Waals surface area contributed by atoms with Gasteiger partial charge in [0.2, 0.25) is 5.90 Å². The third-order valence-electron chi connectivity index (χ3n) is 5.29. The maximum absolute atomic E-state index is 12.5. The second kappa shape index (κ2) is 10.7. The average molecular weight is 632 g/mol. The molecule has 0 atom stereocenters. The molecule has 0 unspecified atom stereocenters. The van der Waals surface area contributed by atoms with E-state index < -0.39 is 5.97 Å². The Kier molecular flexibility index (Phi) is 7.73. The number of halogens is 2. The highest BCUT2D eigenvalue weighted by Crippen LogP contribution is 2.38. The number of carbonyl (C=O) groups is 1. The predicted octanol–water partition coefficient (Wildman–Crippen LogP) is 6.99. The number of aryl methyl sites for hydroxylation is 2. The molecule has 5 nitrogen and oxygen atoms in total. The summed E-state index contributed by atoms with van der Waals surface area (Å²) in [7, 11) is 0. The number of ether oxygens (including phenoxy) is 3. The van der Waals surface area contributed by atoms with Gasteiger partial charge in [-0.1, -0.05) is 24.3 Å². The van der Waals surface area contributed by atoms with Gasteiger partial charge in [-0.25, -0.2) is 9.79 Å². The third-order valence-corrected chi connectivity index (χ3v) is 7.09. The highest BCUT2D eigenvalue weighted by Gasteiger charge is 2.25. The van der Waals surface area contributed by atoms with Crippen LogP contribution in [-0.4, -0.2) is 18.5 Å². The van der Waals surface area contributed by atoms with Gasteiger partial charge in [-0.3, -0.25) is 0 Å². The maximum Gasteiger partial charge on any atom is 0.363 e. The van der Waals surface area contributed by atoms with E-state index in [2.05, 4.69) is 56.5 Å². The SMILES string of the molecule is CCOc1cc(/C=C2\N=C(c3ccc(I)c(C)c3)OC2=O)cc(Br)c1OCc1ccccc1C. The Morgan fingerprint density at radius 3 is 2.59 bits per heavy atom. The van der Waals surface area contributed by atoms with Crippen molar-refractivity contribution in [1.29, 1.82) is 0 Å². The summed E-state index contributed by atoms with van der Waals surface area (Å²) in [6.07, 6.45) is 1.69. The topological polar surface area (TPSA) is 57.1 Å². The van der Waals surface area contributed by atoms with Crippen LogP contribution in [0.2, 0.25) is 0 Å². The van der Waals surface area contributed by atoms with Gasteiger partial charge >= 0.3 is 5.97 Å². The van der Waals surface area contributed by atoms with E-state index in [1.54, 1.807) is 6.08 Å². The number of rotatable bonds is 7. The number of benzene rings is 3. The predicted molar refractivity (Wildman–Crippen MR) is 145 cm³/mol. The molecular weight excluding hydrogens is 609 g/mol. The van der Waals surface area contributed by atoms with Crippen molar-refractivity contribution < 1.29 is 19.0 Å². The average Bonchev–Trinajstić information content (AvgIpc) is 3.16. The van der Waals surface area contributed by atoms with E-state index in [0.29, 0.717) is 30.6 Å². The number of hydrogen-bond donors (Lipinski definition) is 0. The highest BCUT2D eigenvalue weighted by molar-refractivity contribution is 14.1. The molecule has 0 saturated heterocycles. The molecule has 0 radical (unpaired) electrons. The Morgan fingerprint density at radius 1 is 1.06 bits per heavy atom. The molecule has 3 aromatic rings. The van der Waals surface area contributed by atoms with Crippen LogP contribution in [0.4, 0.5) is 0 Å². The van der Waals surface area contributed by atoms with E-state index in [9.17, 15) is 4.79 Å². The lowest BCUT2D eigenvalue weighted by Crippen LogP contribution is -2.05. The lowest BCUT2D eigenvalue weighted by Gasteiger charge is -2.15. The van der Waals surface area contributed by atoms with Crippen LogP contribution in [0, 0.1) is 17.4 Å². The summed E-state index contributed by atoms with van der Waals surface area (Å²) in [5.74, 6) is 1.01. The fourth-order valence-corrected chi connectivity index (χ4v) is 4.37. The smallest absolute Gasteiger partial charge is 0.363 e. The zero-order valence-electron chi connectivity index (χ0n) is 19.0. The van der Waals surface area contributed by atoms with E-state index in [1.807, 2.05) is 62.4 Å². The van der Waals surface area contributed by atoms with Gasteiger partial charge in [-0.05, 0) is 118 Å². The van der Waals surface area contributed by atoms with Crippen LogP contribution in [0.15, 0.2) is 69.8 Å². The quantitative estimate of drug-likeness (QED) is 0.160. The molecule has 0 spiro atoms. The Morgan fingerprint density at radius 2 is 1.85 bits per heavy atom. The van der Waals surface area contributed by atoms with Gasteiger partial charge in [0, 0.05) is 9.13 Å². The molecule has 34 heavy (non-hydrogen) atoms. The fraction of sp³-hybridized carbons (Fsp3) is 0.185. The van der Waals surface area contributed by atoms with Crippen molar-refractivity contribution in [2.24, 2.45) is 4.99 Å². The van der Waals surface area contributed by atoms with Crippen molar-refractivity contribution in [2.75, 3.05) is 6.61 Å². The van der Waals surface area contributed by atoms with E-state index in [-0.39, 0.29) is 5.70 Å². The van der Waals surface area contributed by atoms with Crippen LogP contribution in [0.3, 0.4) is 0 Å². The molecule has 0 saturated carbocycles. The summed E-state index contributed by atoms with van der Waals surface area (Å²) in [5.41, 5.74) is 5.11. The zero-order chi connectivity index (χ0) is 24.2. The molecule has 0 aromatic heterocycles. The van der Waals surface area contributed by atoms with Crippen molar-refractivity contribution in [3.8, 4) is 11.5 Å². The van der Waals surface area contributed by atoms with Crippen molar-refractivity contribution >= 4 is 56.5 Å². The summed E-state index contributed by atoms with van der Waals surface area (Å²) in [5, 5.41) is 0. The van der Waals surface area contributed by atoms with Crippen LogP contribution in [0.1, 0.15) is 34.7 Å². The molecule has 3 aromatic carbocycles. The Labute approximate surface area is 221 Å². The Balaban J connectivity index is 1.62. The van der Waals surface area contributed by atoms with Gasteiger partial charge in [-0.15, -0.1) is 0 Å². The van der Waals surface area contributed by atoms with Crippen molar-refractivity contribution in [3.63, 3.8) is 0 Å². The molecular formula is C27H23BrINO4. The maximum atomic E-state index is 12.5. The minimum absolute atomic E-state index is 0.231. The van der Waals surface area contributed by atoms with Crippen molar-refractivity contribution in [1.82, 2.24) is 0 Å². The van der Waals surface area contributed by atoms with Gasteiger partial charge in [0.15, 0.2) is 17.2 Å². The third kappa shape index (κ3) is 5.52. The molecule has 7 heteroatoms. The standard InChI is InChI=1S/C27H23BrINO4/c1-4-32-24-14-18(12-21(28)25(24)33-15-20-8-6-5-7-16(20)2)13-23-27(31)34-26(30-23)19-9-10-22(29)17(3)11-19/h5-14H,4,15H2,1-3H3/b23-13-. The van der Waals surface area contributed by atoms with Gasteiger partial charge in [0.1, 0.15) is 6.61 Å². The first-order valence-corrected chi connectivity index (χ1v) is 12.7. The Bertz CT molecular complexity index is 1320. The first kappa shape index (κ1) is 24.5. The van der Waals surface area contributed by atoms with E-state index in [4.69, 9.17) is 14.2 Å². The van der Waals surface area contributed by atoms with E-state index in [0.717, 1.165) is 35.9 Å². The van der Waals surface area contributed by atoms with E-state index in [1.165, 1.54) is 0 Å². The summed E-state index contributed by atoms with van der Waals surface area (Å²) in [4.78, 5) is 16.9. The lowest BCUT2D eigenvalue weighted by atomic mass is 10.1. The molecule has 174 valence electrons. The van der Waals surface area contributed by atoms with Crippen molar-refractivity contribution in [2.45, 2.75) is 27.4 Å². The molecule has 0 amide bonds. The minimum atomic E-state index is -0.486.